The van der Waals surface area contributed by atoms with Gasteiger partial charge in [-0.25, -0.2) is 0 Å². The standard InChI is InChI=1S/C13H26N2O3/c1(2-14-3-10-17-11-4-14)8-16-9-5-15-6-12-18-13-7-15/h1-13H2. The minimum absolute atomic E-state index is 0.850. The van der Waals surface area contributed by atoms with Crippen LogP contribution >= 0.6 is 0 Å². The normalized spacial score (nSPS) is 23.3. The molecule has 0 unspecified atom stereocenters. The zero-order valence-electron chi connectivity index (χ0n) is 11.3. The van der Waals surface area contributed by atoms with Crippen LogP contribution in [-0.2, 0) is 14.2 Å². The second kappa shape index (κ2) is 8.82. The molecule has 106 valence electrons. The molecule has 0 spiro atoms. The monoisotopic (exact) mass is 258 g/mol. The molecule has 0 N–H and O–H groups in total. The molecule has 5 heteroatoms. The SMILES string of the molecule is C(COCCN1CCOCC1)CN1CCOCC1. The van der Waals surface area contributed by atoms with Crippen LogP contribution in [0.15, 0.2) is 0 Å². The molecule has 0 bridgehead atoms. The zero-order chi connectivity index (χ0) is 12.5. The summed E-state index contributed by atoms with van der Waals surface area (Å²) >= 11 is 0. The Balaban J connectivity index is 1.39. The summed E-state index contributed by atoms with van der Waals surface area (Å²) < 4.78 is 16.3. The predicted molar refractivity (Wildman–Crippen MR) is 70.0 cm³/mol. The van der Waals surface area contributed by atoms with Crippen molar-refractivity contribution >= 4 is 0 Å². The van der Waals surface area contributed by atoms with Crippen molar-refractivity contribution in [1.82, 2.24) is 9.80 Å². The van der Waals surface area contributed by atoms with Crippen molar-refractivity contribution in [2.24, 2.45) is 0 Å². The number of ether oxygens (including phenoxy) is 3. The van der Waals surface area contributed by atoms with E-state index in [1.54, 1.807) is 0 Å². The molecule has 2 heterocycles. The van der Waals surface area contributed by atoms with Crippen LogP contribution in [-0.4, -0.2) is 88.7 Å². The number of hydrogen-bond donors (Lipinski definition) is 0. The molecule has 0 amide bonds. The lowest BCUT2D eigenvalue weighted by molar-refractivity contribution is 0.0153. The Morgan fingerprint density at radius 2 is 1.28 bits per heavy atom. The molecule has 0 saturated carbocycles. The Kier molecular flexibility index (Phi) is 6.97. The molecular formula is C13H26N2O3. The van der Waals surface area contributed by atoms with Crippen LogP contribution in [0.3, 0.4) is 0 Å². The second-order valence-electron chi connectivity index (χ2n) is 4.87. The average Bonchev–Trinajstić information content (AvgIpc) is 2.45. The molecule has 0 aliphatic carbocycles. The summed E-state index contributed by atoms with van der Waals surface area (Å²) in [6.07, 6.45) is 1.13. The van der Waals surface area contributed by atoms with Crippen molar-refractivity contribution in [3.05, 3.63) is 0 Å². The van der Waals surface area contributed by atoms with Gasteiger partial charge in [-0.1, -0.05) is 0 Å². The van der Waals surface area contributed by atoms with Crippen molar-refractivity contribution in [2.75, 3.05) is 78.9 Å². The molecule has 18 heavy (non-hydrogen) atoms. The summed E-state index contributed by atoms with van der Waals surface area (Å²) in [5.41, 5.74) is 0. The third-order valence-electron chi connectivity index (χ3n) is 3.52. The van der Waals surface area contributed by atoms with Crippen LogP contribution < -0.4 is 0 Å². The molecule has 2 aliphatic heterocycles. The van der Waals surface area contributed by atoms with E-state index in [4.69, 9.17) is 14.2 Å². The molecule has 2 saturated heterocycles. The Labute approximate surface area is 110 Å². The topological polar surface area (TPSA) is 34.2 Å². The van der Waals surface area contributed by atoms with Crippen LogP contribution in [0.25, 0.3) is 0 Å². The molecule has 5 nitrogen and oxygen atoms in total. The van der Waals surface area contributed by atoms with Gasteiger partial charge in [-0.2, -0.15) is 0 Å². The van der Waals surface area contributed by atoms with Gasteiger partial charge in [0.1, 0.15) is 0 Å². The van der Waals surface area contributed by atoms with E-state index in [1.165, 1.54) is 0 Å². The lowest BCUT2D eigenvalue weighted by Gasteiger charge is -2.27. The molecular weight excluding hydrogens is 232 g/mol. The third-order valence-corrected chi connectivity index (χ3v) is 3.52. The maximum Gasteiger partial charge on any atom is 0.0594 e. The Morgan fingerprint density at radius 1 is 0.722 bits per heavy atom. The number of hydrogen-bond acceptors (Lipinski definition) is 5. The van der Waals surface area contributed by atoms with E-state index in [1.807, 2.05) is 0 Å². The van der Waals surface area contributed by atoms with E-state index in [-0.39, 0.29) is 0 Å². The summed E-state index contributed by atoms with van der Waals surface area (Å²) in [5.74, 6) is 0. The zero-order valence-corrected chi connectivity index (χ0v) is 11.3. The van der Waals surface area contributed by atoms with Crippen LogP contribution in [0.2, 0.25) is 0 Å². The minimum atomic E-state index is 0.850. The third kappa shape index (κ3) is 5.63. The molecule has 2 aliphatic rings. The minimum Gasteiger partial charge on any atom is -0.380 e. The molecule has 0 aromatic heterocycles. The van der Waals surface area contributed by atoms with Gasteiger partial charge >= 0.3 is 0 Å². The highest BCUT2D eigenvalue weighted by molar-refractivity contribution is 4.62. The first-order valence-electron chi connectivity index (χ1n) is 7.13. The van der Waals surface area contributed by atoms with E-state index in [0.717, 1.165) is 85.3 Å². The number of nitrogens with zero attached hydrogens (tertiary/aromatic N) is 2. The fourth-order valence-corrected chi connectivity index (χ4v) is 2.34. The lowest BCUT2D eigenvalue weighted by atomic mass is 10.3. The molecule has 2 rings (SSSR count). The van der Waals surface area contributed by atoms with Gasteiger partial charge in [0.2, 0.25) is 0 Å². The Bertz CT molecular complexity index is 182. The van der Waals surface area contributed by atoms with Gasteiger partial charge in [-0.05, 0) is 6.42 Å². The fraction of sp³-hybridized carbons (Fsp3) is 1.00. The average molecular weight is 258 g/mol. The van der Waals surface area contributed by atoms with Crippen LogP contribution in [0.5, 0.6) is 0 Å². The van der Waals surface area contributed by atoms with Crippen molar-refractivity contribution in [3.63, 3.8) is 0 Å². The van der Waals surface area contributed by atoms with E-state index in [2.05, 4.69) is 9.80 Å². The summed E-state index contributed by atoms with van der Waals surface area (Å²) in [4.78, 5) is 4.86. The van der Waals surface area contributed by atoms with Gasteiger partial charge in [-0.15, -0.1) is 0 Å². The van der Waals surface area contributed by atoms with E-state index in [0.29, 0.717) is 0 Å². The van der Waals surface area contributed by atoms with Crippen LogP contribution in [0.4, 0.5) is 0 Å². The molecule has 2 fully saturated rings. The van der Waals surface area contributed by atoms with Gasteiger partial charge in [0.15, 0.2) is 0 Å². The molecule has 0 atom stereocenters. The van der Waals surface area contributed by atoms with Crippen molar-refractivity contribution in [3.8, 4) is 0 Å². The largest absolute Gasteiger partial charge is 0.380 e. The highest BCUT2D eigenvalue weighted by Crippen LogP contribution is 1.99. The highest BCUT2D eigenvalue weighted by atomic mass is 16.5. The van der Waals surface area contributed by atoms with Crippen LogP contribution in [0, 0.1) is 0 Å². The smallest absolute Gasteiger partial charge is 0.0594 e. The predicted octanol–water partition coefficient (Wildman–Crippen LogP) is 0.0575. The van der Waals surface area contributed by atoms with Crippen molar-refractivity contribution in [1.29, 1.82) is 0 Å². The van der Waals surface area contributed by atoms with Crippen molar-refractivity contribution in [2.45, 2.75) is 6.42 Å². The second-order valence-corrected chi connectivity index (χ2v) is 4.87. The van der Waals surface area contributed by atoms with Gasteiger partial charge in [0.25, 0.3) is 0 Å². The van der Waals surface area contributed by atoms with Gasteiger partial charge in [-0.3, -0.25) is 9.80 Å². The first-order valence-corrected chi connectivity index (χ1v) is 7.13. The molecule has 0 aromatic rings. The Hall–Kier alpha value is -0.200. The lowest BCUT2D eigenvalue weighted by Crippen LogP contribution is -2.38. The first-order chi connectivity index (χ1) is 8.95. The summed E-state index contributed by atoms with van der Waals surface area (Å²) in [6.45, 7) is 11.7. The van der Waals surface area contributed by atoms with Gasteiger partial charge in [0.05, 0.1) is 33.0 Å². The van der Waals surface area contributed by atoms with E-state index < -0.39 is 0 Å². The van der Waals surface area contributed by atoms with Crippen molar-refractivity contribution < 1.29 is 14.2 Å². The number of rotatable bonds is 7. The summed E-state index contributed by atoms with van der Waals surface area (Å²) in [6, 6.07) is 0. The summed E-state index contributed by atoms with van der Waals surface area (Å²) in [7, 11) is 0. The molecule has 0 aromatic carbocycles. The first kappa shape index (κ1) is 14.2. The van der Waals surface area contributed by atoms with Crippen LogP contribution in [0.1, 0.15) is 6.42 Å². The summed E-state index contributed by atoms with van der Waals surface area (Å²) in [5, 5.41) is 0. The highest BCUT2D eigenvalue weighted by Gasteiger charge is 2.10. The van der Waals surface area contributed by atoms with E-state index in [9.17, 15) is 0 Å². The fourth-order valence-electron chi connectivity index (χ4n) is 2.34. The van der Waals surface area contributed by atoms with Gasteiger partial charge in [0, 0.05) is 45.9 Å². The maximum absolute atomic E-state index is 5.69. The Morgan fingerprint density at radius 3 is 1.89 bits per heavy atom. The van der Waals surface area contributed by atoms with Gasteiger partial charge < -0.3 is 14.2 Å². The van der Waals surface area contributed by atoms with E-state index >= 15 is 0 Å². The number of morpholine rings is 2. The maximum atomic E-state index is 5.69. The molecule has 0 radical (unpaired) electrons. The quantitative estimate of drug-likeness (QED) is 0.603.